The number of rotatable bonds is 1. The summed E-state index contributed by atoms with van der Waals surface area (Å²) in [6.45, 7) is 1.91. The first-order valence-corrected chi connectivity index (χ1v) is 7.69. The molecule has 5 nitrogen and oxygen atoms in total. The van der Waals surface area contributed by atoms with E-state index in [-0.39, 0.29) is 18.1 Å². The molecule has 1 N–H and O–H groups in total. The maximum atomic E-state index is 12.7. The van der Waals surface area contributed by atoms with E-state index >= 15 is 0 Å². The molecular weight excluding hydrogens is 276 g/mol. The minimum atomic E-state index is -0.0232. The number of fused-ring (bicyclic) bond motifs is 4. The Hall–Kier alpha value is -2.43. The molecule has 0 aliphatic carbocycles. The van der Waals surface area contributed by atoms with Crippen molar-refractivity contribution in [1.82, 2.24) is 14.9 Å². The van der Waals surface area contributed by atoms with Crippen LogP contribution in [0.5, 0.6) is 0 Å². The average Bonchev–Trinajstić information content (AvgIpc) is 2.84. The summed E-state index contributed by atoms with van der Waals surface area (Å²) in [5.41, 5.74) is 3.06. The Kier molecular flexibility index (Phi) is 3.06. The lowest BCUT2D eigenvalue weighted by molar-refractivity contribution is 0.178. The first-order valence-electron chi connectivity index (χ1n) is 7.69. The van der Waals surface area contributed by atoms with E-state index in [2.05, 4.69) is 15.3 Å². The molecule has 1 aromatic heterocycles. The largest absolute Gasteiger partial charge is 0.322 e. The second kappa shape index (κ2) is 5.09. The summed E-state index contributed by atoms with van der Waals surface area (Å²) in [5, 5.41) is 3.00. The Balaban J connectivity index is 1.61. The highest BCUT2D eigenvalue weighted by Crippen LogP contribution is 2.43. The van der Waals surface area contributed by atoms with Crippen LogP contribution < -0.4 is 5.32 Å². The van der Waals surface area contributed by atoms with Crippen LogP contribution in [0.2, 0.25) is 0 Å². The number of nitrogens with zero attached hydrogens (tertiary/aromatic N) is 3. The van der Waals surface area contributed by atoms with Crippen molar-refractivity contribution in [2.75, 3.05) is 5.32 Å². The summed E-state index contributed by atoms with van der Waals surface area (Å²) in [6.07, 6.45) is 4.75. The van der Waals surface area contributed by atoms with Crippen LogP contribution in [0.4, 0.5) is 10.5 Å². The topological polar surface area (TPSA) is 58.1 Å². The van der Waals surface area contributed by atoms with Crippen molar-refractivity contribution in [2.24, 2.45) is 0 Å². The number of nitrogens with one attached hydrogen (secondary N) is 1. The number of hydrogen-bond donors (Lipinski definition) is 1. The van der Waals surface area contributed by atoms with Gasteiger partial charge in [-0.2, -0.15) is 0 Å². The van der Waals surface area contributed by atoms with E-state index in [0.29, 0.717) is 0 Å². The van der Waals surface area contributed by atoms with E-state index in [9.17, 15) is 4.79 Å². The molecule has 1 aromatic carbocycles. The van der Waals surface area contributed by atoms with Gasteiger partial charge in [-0.3, -0.25) is 0 Å². The first-order chi connectivity index (χ1) is 10.7. The Bertz CT molecular complexity index is 716. The Morgan fingerprint density at radius 3 is 2.91 bits per heavy atom. The van der Waals surface area contributed by atoms with Crippen molar-refractivity contribution in [3.8, 4) is 0 Å². The van der Waals surface area contributed by atoms with Gasteiger partial charge in [0.25, 0.3) is 0 Å². The standard InChI is InChI=1S/C17H18N4O/c1-11-18-10-14-15(19-11)9-13-7-8-16(14)21(13)17(22)20-12-5-3-2-4-6-12/h2-6,10,13,16H,7-9H2,1H3,(H,20,22). The van der Waals surface area contributed by atoms with E-state index in [0.717, 1.165) is 42.0 Å². The zero-order valence-electron chi connectivity index (χ0n) is 12.5. The number of carbonyl (C=O) groups is 1. The van der Waals surface area contributed by atoms with Gasteiger partial charge in [-0.15, -0.1) is 0 Å². The fraction of sp³-hybridized carbons (Fsp3) is 0.353. The average molecular weight is 294 g/mol. The molecule has 0 spiro atoms. The molecule has 2 bridgehead atoms. The molecular formula is C17H18N4O. The van der Waals surface area contributed by atoms with Gasteiger partial charge in [0.1, 0.15) is 5.82 Å². The number of para-hydroxylation sites is 1. The van der Waals surface area contributed by atoms with Crippen molar-refractivity contribution in [3.63, 3.8) is 0 Å². The maximum absolute atomic E-state index is 12.7. The molecule has 1 fully saturated rings. The van der Waals surface area contributed by atoms with Crippen LogP contribution in [0, 0.1) is 6.92 Å². The zero-order valence-corrected chi connectivity index (χ0v) is 12.5. The second-order valence-electron chi connectivity index (χ2n) is 5.97. The lowest BCUT2D eigenvalue weighted by Crippen LogP contribution is -2.44. The number of amides is 2. The third-order valence-electron chi connectivity index (χ3n) is 4.57. The fourth-order valence-electron chi connectivity index (χ4n) is 3.60. The van der Waals surface area contributed by atoms with Crippen LogP contribution >= 0.6 is 0 Å². The minimum Gasteiger partial charge on any atom is -0.314 e. The van der Waals surface area contributed by atoms with Gasteiger partial charge in [0.15, 0.2) is 0 Å². The SMILES string of the molecule is Cc1ncc2c(n1)CC1CCC2N1C(=O)Nc1ccccc1. The van der Waals surface area contributed by atoms with Crippen LogP contribution in [-0.2, 0) is 6.42 Å². The molecule has 2 unspecified atom stereocenters. The highest BCUT2D eigenvalue weighted by Gasteiger charge is 2.43. The number of anilines is 1. The number of urea groups is 1. The fourth-order valence-corrected chi connectivity index (χ4v) is 3.60. The molecule has 2 aliphatic rings. The van der Waals surface area contributed by atoms with E-state index < -0.39 is 0 Å². The lowest BCUT2D eigenvalue weighted by atomic mass is 9.99. The van der Waals surface area contributed by atoms with Gasteiger partial charge in [0.05, 0.1) is 11.7 Å². The van der Waals surface area contributed by atoms with E-state index in [1.807, 2.05) is 48.4 Å². The van der Waals surface area contributed by atoms with Gasteiger partial charge in [0.2, 0.25) is 0 Å². The molecule has 22 heavy (non-hydrogen) atoms. The molecule has 5 heteroatoms. The van der Waals surface area contributed by atoms with Gasteiger partial charge in [-0.25, -0.2) is 14.8 Å². The molecule has 0 saturated carbocycles. The zero-order chi connectivity index (χ0) is 15.1. The molecule has 2 aliphatic heterocycles. The van der Waals surface area contributed by atoms with Gasteiger partial charge in [-0.05, 0) is 31.9 Å². The van der Waals surface area contributed by atoms with Crippen LogP contribution in [0.1, 0.15) is 36.0 Å². The molecule has 3 heterocycles. The summed E-state index contributed by atoms with van der Waals surface area (Å²) >= 11 is 0. The number of hydrogen-bond acceptors (Lipinski definition) is 3. The van der Waals surface area contributed by atoms with Gasteiger partial charge < -0.3 is 10.2 Å². The minimum absolute atomic E-state index is 0.0232. The summed E-state index contributed by atoms with van der Waals surface area (Å²) in [6, 6.07) is 9.93. The van der Waals surface area contributed by atoms with Crippen LogP contribution in [-0.4, -0.2) is 26.9 Å². The monoisotopic (exact) mass is 294 g/mol. The third kappa shape index (κ3) is 2.13. The maximum Gasteiger partial charge on any atom is 0.322 e. The number of aryl methyl sites for hydroxylation is 1. The van der Waals surface area contributed by atoms with E-state index in [1.165, 1.54) is 0 Å². The summed E-state index contributed by atoms with van der Waals surface area (Å²) in [5.74, 6) is 0.806. The van der Waals surface area contributed by atoms with E-state index in [1.54, 1.807) is 0 Å². The molecule has 4 rings (SSSR count). The Morgan fingerprint density at radius 2 is 2.09 bits per heavy atom. The molecule has 0 radical (unpaired) electrons. The van der Waals surface area contributed by atoms with Crippen molar-refractivity contribution < 1.29 is 4.79 Å². The normalized spacial score (nSPS) is 22.3. The second-order valence-corrected chi connectivity index (χ2v) is 5.97. The molecule has 112 valence electrons. The summed E-state index contributed by atoms with van der Waals surface area (Å²) < 4.78 is 0. The molecule has 2 aromatic rings. The number of aromatic nitrogens is 2. The molecule has 1 saturated heterocycles. The van der Waals surface area contributed by atoms with Crippen LogP contribution in [0.3, 0.4) is 0 Å². The Labute approximate surface area is 129 Å². The quantitative estimate of drug-likeness (QED) is 0.879. The number of benzene rings is 1. The van der Waals surface area contributed by atoms with Gasteiger partial charge in [0, 0.05) is 29.9 Å². The number of carbonyl (C=O) groups excluding carboxylic acids is 1. The summed E-state index contributed by atoms with van der Waals surface area (Å²) in [4.78, 5) is 23.5. The summed E-state index contributed by atoms with van der Waals surface area (Å²) in [7, 11) is 0. The van der Waals surface area contributed by atoms with Crippen molar-refractivity contribution in [1.29, 1.82) is 0 Å². The lowest BCUT2D eigenvalue weighted by Gasteiger charge is -2.35. The van der Waals surface area contributed by atoms with Crippen molar-refractivity contribution in [3.05, 3.63) is 53.6 Å². The third-order valence-corrected chi connectivity index (χ3v) is 4.57. The molecule has 2 amide bonds. The first kappa shape index (κ1) is 13.2. The smallest absolute Gasteiger partial charge is 0.314 e. The highest BCUT2D eigenvalue weighted by molar-refractivity contribution is 5.90. The van der Waals surface area contributed by atoms with E-state index in [4.69, 9.17) is 0 Å². The highest BCUT2D eigenvalue weighted by atomic mass is 16.2. The Morgan fingerprint density at radius 1 is 1.27 bits per heavy atom. The predicted molar refractivity (Wildman–Crippen MR) is 83.5 cm³/mol. The van der Waals surface area contributed by atoms with Gasteiger partial charge >= 0.3 is 6.03 Å². The van der Waals surface area contributed by atoms with Crippen molar-refractivity contribution >= 4 is 11.7 Å². The van der Waals surface area contributed by atoms with Crippen LogP contribution in [0.25, 0.3) is 0 Å². The predicted octanol–water partition coefficient (Wildman–Crippen LogP) is 3.08. The van der Waals surface area contributed by atoms with Gasteiger partial charge in [-0.1, -0.05) is 18.2 Å². The molecule has 2 atom stereocenters. The van der Waals surface area contributed by atoms with Crippen molar-refractivity contribution in [2.45, 2.75) is 38.3 Å². The van der Waals surface area contributed by atoms with Crippen LogP contribution in [0.15, 0.2) is 36.5 Å².